The molecule has 0 bridgehead atoms. The van der Waals surface area contributed by atoms with Crippen LogP contribution in [-0.4, -0.2) is 34.8 Å². The van der Waals surface area contributed by atoms with Gasteiger partial charge in [-0.15, -0.1) is 0 Å². The summed E-state index contributed by atoms with van der Waals surface area (Å²) in [7, 11) is 1.49. The molecule has 0 atom stereocenters. The molecule has 6 nitrogen and oxygen atoms in total. The molecular formula is C20H14Cl2NO5S2-. The third-order valence-electron chi connectivity index (χ3n) is 4.08. The molecule has 0 aliphatic carbocycles. The van der Waals surface area contributed by atoms with Crippen LogP contribution >= 0.6 is 47.2 Å². The minimum atomic E-state index is -1.38. The largest absolute Gasteiger partial charge is 0.548 e. The number of halogens is 2. The molecule has 1 aliphatic rings. The molecule has 0 aromatic heterocycles. The van der Waals surface area contributed by atoms with Crippen LogP contribution in [0.5, 0.6) is 11.5 Å². The van der Waals surface area contributed by atoms with E-state index in [2.05, 4.69) is 0 Å². The molecule has 0 spiro atoms. The van der Waals surface area contributed by atoms with Crippen LogP contribution in [0.15, 0.2) is 41.3 Å². The number of nitrogens with zero attached hydrogens (tertiary/aromatic N) is 1. The predicted octanol–water partition coefficient (Wildman–Crippen LogP) is 3.53. The smallest absolute Gasteiger partial charge is 0.266 e. The van der Waals surface area contributed by atoms with Gasteiger partial charge in [0.05, 0.1) is 24.5 Å². The first-order valence-electron chi connectivity index (χ1n) is 8.49. The predicted molar refractivity (Wildman–Crippen MR) is 119 cm³/mol. The lowest BCUT2D eigenvalue weighted by atomic mass is 10.1. The van der Waals surface area contributed by atoms with Gasteiger partial charge in [0.25, 0.3) is 5.91 Å². The Morgan fingerprint density at radius 3 is 2.57 bits per heavy atom. The summed E-state index contributed by atoms with van der Waals surface area (Å²) in [5.74, 6) is -0.955. The van der Waals surface area contributed by atoms with Crippen molar-refractivity contribution in [3.8, 4) is 11.5 Å². The number of methoxy groups -OCH3 is 1. The van der Waals surface area contributed by atoms with Crippen molar-refractivity contribution < 1.29 is 24.2 Å². The average molecular weight is 483 g/mol. The Bertz CT molecular complexity index is 1040. The maximum absolute atomic E-state index is 12.4. The van der Waals surface area contributed by atoms with Crippen molar-refractivity contribution in [2.75, 3.05) is 13.7 Å². The first kappa shape index (κ1) is 22.4. The number of carbonyl (C=O) groups is 2. The lowest BCUT2D eigenvalue weighted by molar-refractivity contribution is -0.305. The van der Waals surface area contributed by atoms with Gasteiger partial charge in [-0.25, -0.2) is 0 Å². The van der Waals surface area contributed by atoms with E-state index in [-0.39, 0.29) is 10.9 Å². The van der Waals surface area contributed by atoms with E-state index in [4.69, 9.17) is 44.9 Å². The highest BCUT2D eigenvalue weighted by molar-refractivity contribution is 8.26. The van der Waals surface area contributed by atoms with Crippen molar-refractivity contribution in [2.24, 2.45) is 0 Å². The fourth-order valence-corrected chi connectivity index (χ4v) is 4.39. The van der Waals surface area contributed by atoms with Crippen LogP contribution in [-0.2, 0) is 16.2 Å². The van der Waals surface area contributed by atoms with Gasteiger partial charge in [-0.2, -0.15) is 0 Å². The number of benzene rings is 2. The molecule has 1 heterocycles. The molecule has 2 aromatic carbocycles. The van der Waals surface area contributed by atoms with Crippen molar-refractivity contribution in [1.29, 1.82) is 0 Å². The Kier molecular flexibility index (Phi) is 7.25. The van der Waals surface area contributed by atoms with E-state index < -0.39 is 18.4 Å². The van der Waals surface area contributed by atoms with Crippen LogP contribution in [0.4, 0.5) is 0 Å². The Hall–Kier alpha value is -2.26. The highest BCUT2D eigenvalue weighted by Crippen LogP contribution is 2.35. The Balaban J connectivity index is 1.79. The molecule has 0 radical (unpaired) electrons. The van der Waals surface area contributed by atoms with Crippen molar-refractivity contribution >= 4 is 69.5 Å². The molecule has 3 rings (SSSR count). The highest BCUT2D eigenvalue weighted by atomic mass is 35.5. The van der Waals surface area contributed by atoms with Gasteiger partial charge in [-0.3, -0.25) is 9.69 Å². The fourth-order valence-electron chi connectivity index (χ4n) is 2.63. The van der Waals surface area contributed by atoms with Crippen molar-refractivity contribution in [2.45, 2.75) is 6.61 Å². The number of rotatable bonds is 7. The number of carbonyl (C=O) groups excluding carboxylic acids is 2. The maximum atomic E-state index is 12.4. The lowest BCUT2D eigenvalue weighted by Crippen LogP contribution is -2.40. The minimum absolute atomic E-state index is 0.149. The number of amides is 1. The van der Waals surface area contributed by atoms with Crippen LogP contribution in [0.3, 0.4) is 0 Å². The fraction of sp³-hybridized carbons (Fsp3) is 0.150. The number of ether oxygens (including phenoxy) is 2. The van der Waals surface area contributed by atoms with Gasteiger partial charge in [0.1, 0.15) is 10.9 Å². The van der Waals surface area contributed by atoms with Crippen molar-refractivity contribution in [1.82, 2.24) is 4.90 Å². The van der Waals surface area contributed by atoms with Gasteiger partial charge in [-0.1, -0.05) is 59.3 Å². The summed E-state index contributed by atoms with van der Waals surface area (Å²) in [5, 5.41) is 11.8. The summed E-state index contributed by atoms with van der Waals surface area (Å²) in [4.78, 5) is 24.5. The van der Waals surface area contributed by atoms with Gasteiger partial charge in [-0.05, 0) is 35.9 Å². The first-order chi connectivity index (χ1) is 14.3. The number of hydrogen-bond donors (Lipinski definition) is 0. The Morgan fingerprint density at radius 1 is 1.23 bits per heavy atom. The van der Waals surface area contributed by atoms with Gasteiger partial charge in [0, 0.05) is 15.6 Å². The number of carboxylic acid groups (broad SMARTS) is 1. The second-order valence-electron chi connectivity index (χ2n) is 6.04. The SMILES string of the molecule is COc1cc(/C=C2/SC(=S)N(CC(=O)[O-])C2=O)ccc1OCc1c(Cl)cccc1Cl. The van der Waals surface area contributed by atoms with Crippen LogP contribution in [0.2, 0.25) is 10.0 Å². The maximum Gasteiger partial charge on any atom is 0.266 e. The minimum Gasteiger partial charge on any atom is -0.548 e. The van der Waals surface area contributed by atoms with E-state index in [0.29, 0.717) is 37.6 Å². The van der Waals surface area contributed by atoms with Gasteiger partial charge >= 0.3 is 0 Å². The molecule has 0 unspecified atom stereocenters. The molecule has 10 heteroatoms. The monoisotopic (exact) mass is 482 g/mol. The molecule has 30 heavy (non-hydrogen) atoms. The normalized spacial score (nSPS) is 15.0. The molecule has 2 aromatic rings. The van der Waals surface area contributed by atoms with E-state index in [1.807, 2.05) is 0 Å². The van der Waals surface area contributed by atoms with Crippen molar-refractivity contribution in [3.63, 3.8) is 0 Å². The van der Waals surface area contributed by atoms with E-state index >= 15 is 0 Å². The summed E-state index contributed by atoms with van der Waals surface area (Å²) in [6.07, 6.45) is 1.60. The first-order valence-corrected chi connectivity index (χ1v) is 10.5. The summed E-state index contributed by atoms with van der Waals surface area (Å²) < 4.78 is 11.4. The third-order valence-corrected chi connectivity index (χ3v) is 6.17. The number of thioether (sulfide) groups is 1. The van der Waals surface area contributed by atoms with Crippen LogP contribution < -0.4 is 14.6 Å². The number of thiocarbonyl (C=S) groups is 1. The molecule has 0 N–H and O–H groups in total. The van der Waals surface area contributed by atoms with E-state index in [1.165, 1.54) is 7.11 Å². The summed E-state index contributed by atoms with van der Waals surface area (Å²) in [5.41, 5.74) is 1.31. The number of hydrogen-bond acceptors (Lipinski definition) is 7. The molecule has 1 fully saturated rings. The second kappa shape index (κ2) is 9.70. The van der Waals surface area contributed by atoms with E-state index in [0.717, 1.165) is 16.7 Å². The molecule has 156 valence electrons. The molecule has 1 saturated heterocycles. The lowest BCUT2D eigenvalue weighted by Gasteiger charge is -2.14. The Morgan fingerprint density at radius 2 is 1.93 bits per heavy atom. The van der Waals surface area contributed by atoms with Gasteiger partial charge < -0.3 is 19.4 Å². The Labute approximate surface area is 192 Å². The molecule has 0 saturated carbocycles. The number of carboxylic acids is 1. The van der Waals surface area contributed by atoms with Crippen molar-refractivity contribution in [3.05, 3.63) is 62.5 Å². The zero-order chi connectivity index (χ0) is 21.8. The quantitative estimate of drug-likeness (QED) is 0.441. The standard InChI is InChI=1S/C20H15Cl2NO5S2/c1-27-16-7-11(8-17-19(26)23(9-18(24)25)20(29)30-17)5-6-15(16)28-10-12-13(21)3-2-4-14(12)22/h2-8H,9-10H2,1H3,(H,24,25)/p-1/b17-8+. The summed E-state index contributed by atoms with van der Waals surface area (Å²) in [6.45, 7) is -0.432. The zero-order valence-electron chi connectivity index (χ0n) is 15.5. The van der Waals surface area contributed by atoms with Gasteiger partial charge in [0.15, 0.2) is 11.5 Å². The molecular weight excluding hydrogens is 469 g/mol. The zero-order valence-corrected chi connectivity index (χ0v) is 18.7. The van der Waals surface area contributed by atoms with Crippen LogP contribution in [0, 0.1) is 0 Å². The summed E-state index contributed by atoms with van der Waals surface area (Å²) >= 11 is 18.4. The van der Waals surface area contributed by atoms with Crippen LogP contribution in [0.25, 0.3) is 6.08 Å². The molecule has 1 amide bonds. The van der Waals surface area contributed by atoms with E-state index in [9.17, 15) is 14.7 Å². The topological polar surface area (TPSA) is 78.9 Å². The second-order valence-corrected chi connectivity index (χ2v) is 8.53. The summed E-state index contributed by atoms with van der Waals surface area (Å²) in [6, 6.07) is 10.3. The average Bonchev–Trinajstić information content (AvgIpc) is 2.95. The number of aliphatic carboxylic acids is 1. The molecule has 1 aliphatic heterocycles. The highest BCUT2D eigenvalue weighted by Gasteiger charge is 2.31. The van der Waals surface area contributed by atoms with Crippen LogP contribution in [0.1, 0.15) is 11.1 Å². The van der Waals surface area contributed by atoms with E-state index in [1.54, 1.807) is 42.5 Å². The third kappa shape index (κ3) is 5.07. The van der Waals surface area contributed by atoms with Gasteiger partial charge in [0.2, 0.25) is 0 Å².